The topological polar surface area (TPSA) is 106 Å². The van der Waals surface area contributed by atoms with Crippen molar-refractivity contribution < 1.29 is 14.0 Å². The number of aromatic nitrogens is 2. The molecular weight excluding hydrogens is 324 g/mol. The average Bonchev–Trinajstić information content (AvgIpc) is 3.14. The van der Waals surface area contributed by atoms with Crippen molar-refractivity contribution in [1.82, 2.24) is 20.2 Å². The van der Waals surface area contributed by atoms with Gasteiger partial charge >= 0.3 is 0 Å². The van der Waals surface area contributed by atoms with E-state index in [1.54, 1.807) is 36.4 Å². The molecule has 0 atom stereocenters. The fraction of sp³-hybridized carbons (Fsp3) is 0.176. The van der Waals surface area contributed by atoms with Crippen LogP contribution in [0.1, 0.15) is 5.76 Å². The maximum absolute atomic E-state index is 12.1. The predicted octanol–water partition coefficient (Wildman–Crippen LogP) is 0.422. The van der Waals surface area contributed by atoms with Gasteiger partial charge in [-0.15, -0.1) is 0 Å². The number of fused-ring (bicyclic) bond motifs is 1. The first-order valence-corrected chi connectivity index (χ1v) is 7.64. The van der Waals surface area contributed by atoms with Crippen molar-refractivity contribution in [1.29, 1.82) is 0 Å². The van der Waals surface area contributed by atoms with E-state index in [0.717, 1.165) is 0 Å². The number of amides is 2. The van der Waals surface area contributed by atoms with E-state index in [-0.39, 0.29) is 31.1 Å². The van der Waals surface area contributed by atoms with Gasteiger partial charge in [-0.05, 0) is 24.3 Å². The van der Waals surface area contributed by atoms with E-state index in [9.17, 15) is 14.4 Å². The lowest BCUT2D eigenvalue weighted by molar-refractivity contribution is -0.126. The minimum Gasteiger partial charge on any atom is -0.467 e. The van der Waals surface area contributed by atoms with Crippen LogP contribution >= 0.6 is 0 Å². The van der Waals surface area contributed by atoms with Crippen LogP contribution in [0.4, 0.5) is 0 Å². The molecule has 2 amide bonds. The van der Waals surface area contributed by atoms with E-state index in [4.69, 9.17) is 4.42 Å². The fourth-order valence-electron chi connectivity index (χ4n) is 2.32. The molecule has 2 N–H and O–H groups in total. The SMILES string of the molecule is O=C(CNC(=O)Cn1c(=O)cnc2ccccc21)NCc1ccco1. The standard InChI is InChI=1S/C17H16N4O4/c22-15(19-8-12-4-3-7-25-12)9-20-16(23)11-21-14-6-2-1-5-13(14)18-10-17(21)24/h1-7,10H,8-9,11H2,(H,19,22)(H,20,23). The second-order valence-corrected chi connectivity index (χ2v) is 5.30. The molecule has 3 aromatic rings. The van der Waals surface area contributed by atoms with Crippen molar-refractivity contribution in [2.45, 2.75) is 13.1 Å². The van der Waals surface area contributed by atoms with E-state index >= 15 is 0 Å². The Labute approximate surface area is 142 Å². The quantitative estimate of drug-likeness (QED) is 0.676. The molecule has 128 valence electrons. The highest BCUT2D eigenvalue weighted by molar-refractivity contribution is 5.85. The molecule has 0 aliphatic heterocycles. The van der Waals surface area contributed by atoms with Crippen molar-refractivity contribution in [3.8, 4) is 0 Å². The summed E-state index contributed by atoms with van der Waals surface area (Å²) in [5, 5.41) is 5.11. The van der Waals surface area contributed by atoms with Crippen LogP contribution in [0, 0.1) is 0 Å². The molecule has 0 aliphatic rings. The molecule has 0 saturated carbocycles. The smallest absolute Gasteiger partial charge is 0.269 e. The molecule has 0 fully saturated rings. The number of carbonyl (C=O) groups excluding carboxylic acids is 2. The number of rotatable bonds is 6. The van der Waals surface area contributed by atoms with Crippen molar-refractivity contribution in [2.75, 3.05) is 6.54 Å². The molecule has 3 rings (SSSR count). The Kier molecular flexibility index (Phi) is 4.89. The Morgan fingerprint density at radius 2 is 1.92 bits per heavy atom. The zero-order chi connectivity index (χ0) is 17.6. The van der Waals surface area contributed by atoms with Crippen molar-refractivity contribution in [2.24, 2.45) is 0 Å². The predicted molar refractivity (Wildman–Crippen MR) is 89.6 cm³/mol. The highest BCUT2D eigenvalue weighted by Crippen LogP contribution is 2.07. The van der Waals surface area contributed by atoms with E-state index in [1.165, 1.54) is 17.0 Å². The first kappa shape index (κ1) is 16.4. The third-order valence-electron chi connectivity index (χ3n) is 3.54. The Hall–Kier alpha value is -3.42. The molecule has 2 heterocycles. The van der Waals surface area contributed by atoms with Crippen LogP contribution in [0.15, 0.2) is 58.1 Å². The molecule has 25 heavy (non-hydrogen) atoms. The minimum absolute atomic E-state index is 0.183. The Morgan fingerprint density at radius 1 is 1.08 bits per heavy atom. The van der Waals surface area contributed by atoms with Crippen LogP contribution in [-0.4, -0.2) is 27.9 Å². The van der Waals surface area contributed by atoms with Crippen molar-refractivity contribution in [3.05, 3.63) is 65.0 Å². The maximum atomic E-state index is 12.1. The largest absolute Gasteiger partial charge is 0.467 e. The summed E-state index contributed by atoms with van der Waals surface area (Å²) in [5.74, 6) is -0.169. The number of hydrogen-bond acceptors (Lipinski definition) is 5. The van der Waals surface area contributed by atoms with Gasteiger partial charge in [-0.25, -0.2) is 4.98 Å². The molecule has 0 bridgehead atoms. The zero-order valence-corrected chi connectivity index (χ0v) is 13.3. The van der Waals surface area contributed by atoms with Crippen LogP contribution in [0.5, 0.6) is 0 Å². The van der Waals surface area contributed by atoms with Gasteiger partial charge < -0.3 is 15.1 Å². The number of hydrogen-bond donors (Lipinski definition) is 2. The van der Waals surface area contributed by atoms with Crippen LogP contribution in [-0.2, 0) is 22.7 Å². The summed E-state index contributed by atoms with van der Waals surface area (Å²) in [4.78, 5) is 39.8. The Balaban J connectivity index is 1.57. The lowest BCUT2D eigenvalue weighted by atomic mass is 10.3. The van der Waals surface area contributed by atoms with Crippen LogP contribution in [0.3, 0.4) is 0 Å². The monoisotopic (exact) mass is 340 g/mol. The van der Waals surface area contributed by atoms with Gasteiger partial charge in [0.25, 0.3) is 5.56 Å². The van der Waals surface area contributed by atoms with Crippen LogP contribution < -0.4 is 16.2 Å². The van der Waals surface area contributed by atoms with Gasteiger partial charge in [0.05, 0.1) is 36.6 Å². The lowest BCUT2D eigenvalue weighted by Gasteiger charge is -2.10. The van der Waals surface area contributed by atoms with Crippen LogP contribution in [0.25, 0.3) is 11.0 Å². The second kappa shape index (κ2) is 7.43. The van der Waals surface area contributed by atoms with Gasteiger partial charge in [0.2, 0.25) is 11.8 Å². The zero-order valence-electron chi connectivity index (χ0n) is 13.3. The summed E-state index contributed by atoms with van der Waals surface area (Å²) in [5.41, 5.74) is 0.801. The highest BCUT2D eigenvalue weighted by atomic mass is 16.3. The third kappa shape index (κ3) is 4.11. The second-order valence-electron chi connectivity index (χ2n) is 5.30. The molecule has 0 unspecified atom stereocenters. The van der Waals surface area contributed by atoms with Gasteiger partial charge in [-0.1, -0.05) is 12.1 Å². The molecule has 0 spiro atoms. The van der Waals surface area contributed by atoms with E-state index in [0.29, 0.717) is 16.8 Å². The average molecular weight is 340 g/mol. The molecular formula is C17H16N4O4. The summed E-state index contributed by atoms with van der Waals surface area (Å²) in [6, 6.07) is 10.5. The highest BCUT2D eigenvalue weighted by Gasteiger charge is 2.10. The van der Waals surface area contributed by atoms with E-state index < -0.39 is 5.91 Å². The number of benzene rings is 1. The van der Waals surface area contributed by atoms with E-state index in [1.807, 2.05) is 0 Å². The van der Waals surface area contributed by atoms with Gasteiger partial charge in [-0.2, -0.15) is 0 Å². The van der Waals surface area contributed by atoms with Gasteiger partial charge in [0.1, 0.15) is 12.3 Å². The number of para-hydroxylation sites is 2. The summed E-state index contributed by atoms with van der Waals surface area (Å²) in [6.45, 7) is -0.124. The summed E-state index contributed by atoms with van der Waals surface area (Å²) < 4.78 is 6.41. The van der Waals surface area contributed by atoms with Gasteiger partial charge in [-0.3, -0.25) is 19.0 Å². The molecule has 0 saturated heterocycles. The Morgan fingerprint density at radius 3 is 2.72 bits per heavy atom. The van der Waals surface area contributed by atoms with Crippen molar-refractivity contribution >= 4 is 22.8 Å². The molecule has 0 aliphatic carbocycles. The minimum atomic E-state index is -0.438. The number of carbonyl (C=O) groups is 2. The normalized spacial score (nSPS) is 10.6. The molecule has 8 nitrogen and oxygen atoms in total. The lowest BCUT2D eigenvalue weighted by Crippen LogP contribution is -2.39. The van der Waals surface area contributed by atoms with Crippen molar-refractivity contribution in [3.63, 3.8) is 0 Å². The fourth-order valence-corrected chi connectivity index (χ4v) is 2.32. The third-order valence-corrected chi connectivity index (χ3v) is 3.54. The summed E-state index contributed by atoms with van der Waals surface area (Å²) in [6.07, 6.45) is 2.69. The molecule has 8 heteroatoms. The summed E-state index contributed by atoms with van der Waals surface area (Å²) in [7, 11) is 0. The summed E-state index contributed by atoms with van der Waals surface area (Å²) >= 11 is 0. The Bertz CT molecular complexity index is 947. The number of furan rings is 1. The first-order valence-electron chi connectivity index (χ1n) is 7.64. The van der Waals surface area contributed by atoms with Crippen LogP contribution in [0.2, 0.25) is 0 Å². The number of nitrogens with one attached hydrogen (secondary N) is 2. The van der Waals surface area contributed by atoms with E-state index in [2.05, 4.69) is 15.6 Å². The number of nitrogens with zero attached hydrogens (tertiary/aromatic N) is 2. The van der Waals surface area contributed by atoms with Gasteiger partial charge in [0, 0.05) is 0 Å². The molecule has 0 radical (unpaired) electrons. The van der Waals surface area contributed by atoms with Gasteiger partial charge in [0.15, 0.2) is 0 Å². The first-order chi connectivity index (χ1) is 12.1. The maximum Gasteiger partial charge on any atom is 0.269 e. The molecule has 2 aromatic heterocycles. The molecule has 1 aromatic carbocycles.